The molecular weight excluding hydrogens is 355 g/mol. The van der Waals surface area contributed by atoms with Gasteiger partial charge in [-0.3, -0.25) is 9.59 Å². The molecule has 1 aromatic rings. The first-order chi connectivity index (χ1) is 12.3. The summed E-state index contributed by atoms with van der Waals surface area (Å²) in [6, 6.07) is 6.33. The lowest BCUT2D eigenvalue weighted by Gasteiger charge is -2.27. The van der Waals surface area contributed by atoms with E-state index < -0.39 is 0 Å². The number of amides is 2. The van der Waals surface area contributed by atoms with Gasteiger partial charge in [-0.15, -0.1) is 11.6 Å². The van der Waals surface area contributed by atoms with Crippen molar-refractivity contribution in [3.05, 3.63) is 35.6 Å². The van der Waals surface area contributed by atoms with E-state index in [0.29, 0.717) is 31.3 Å². The maximum atomic E-state index is 13.2. The first-order valence-corrected chi connectivity index (χ1v) is 9.73. The highest BCUT2D eigenvalue weighted by molar-refractivity contribution is 6.27. The fourth-order valence-corrected chi connectivity index (χ4v) is 4.00. The molecule has 0 radical (unpaired) electrons. The van der Waals surface area contributed by atoms with Crippen LogP contribution in [0.4, 0.5) is 4.39 Å². The van der Waals surface area contributed by atoms with Gasteiger partial charge >= 0.3 is 0 Å². The Bertz CT molecular complexity index is 673. The van der Waals surface area contributed by atoms with Gasteiger partial charge in [-0.2, -0.15) is 0 Å². The van der Waals surface area contributed by atoms with E-state index in [0.717, 1.165) is 5.56 Å². The second kappa shape index (κ2) is 7.55. The van der Waals surface area contributed by atoms with Crippen LogP contribution in [0.25, 0.3) is 0 Å². The van der Waals surface area contributed by atoms with E-state index in [1.807, 2.05) is 18.7 Å². The monoisotopic (exact) mass is 380 g/mol. The Morgan fingerprint density at radius 1 is 1.23 bits per heavy atom. The van der Waals surface area contributed by atoms with Crippen LogP contribution < -0.4 is 5.32 Å². The minimum atomic E-state index is -0.378. The van der Waals surface area contributed by atoms with Crippen LogP contribution in [-0.2, 0) is 15.0 Å². The number of nitrogens with zero attached hydrogens (tertiary/aromatic N) is 1. The number of carbonyl (C=O) groups excluding carboxylic acids is 2. The molecule has 1 aromatic carbocycles. The Kier molecular flexibility index (Phi) is 5.56. The quantitative estimate of drug-likeness (QED) is 0.771. The minimum absolute atomic E-state index is 0.00775. The van der Waals surface area contributed by atoms with Crippen molar-refractivity contribution in [2.45, 2.75) is 44.6 Å². The van der Waals surface area contributed by atoms with Crippen molar-refractivity contribution in [1.82, 2.24) is 10.2 Å². The number of nitrogens with one attached hydrogen (secondary N) is 1. The van der Waals surface area contributed by atoms with Crippen molar-refractivity contribution >= 4 is 23.4 Å². The number of hydrogen-bond acceptors (Lipinski definition) is 2. The molecule has 1 saturated heterocycles. The molecule has 0 spiro atoms. The third-order valence-corrected chi connectivity index (χ3v) is 5.87. The van der Waals surface area contributed by atoms with Gasteiger partial charge in [0.2, 0.25) is 11.8 Å². The lowest BCUT2D eigenvalue weighted by molar-refractivity contribution is -0.131. The average Bonchev–Trinajstić information content (AvgIpc) is 3.35. The van der Waals surface area contributed by atoms with Gasteiger partial charge in [0.15, 0.2) is 0 Å². The fourth-order valence-electron chi connectivity index (χ4n) is 3.93. The summed E-state index contributed by atoms with van der Waals surface area (Å²) in [5.74, 6) is 0.481. The van der Waals surface area contributed by atoms with Gasteiger partial charge in [0.05, 0.1) is 6.04 Å². The number of rotatable bonds is 6. The molecule has 1 aliphatic heterocycles. The predicted molar refractivity (Wildman–Crippen MR) is 99.5 cm³/mol. The van der Waals surface area contributed by atoms with E-state index in [2.05, 4.69) is 5.32 Å². The molecule has 2 fully saturated rings. The molecule has 2 aliphatic rings. The zero-order valence-corrected chi connectivity index (χ0v) is 16.1. The van der Waals surface area contributed by atoms with Gasteiger partial charge in [0, 0.05) is 25.4 Å². The maximum absolute atomic E-state index is 13.2. The molecule has 142 valence electrons. The van der Waals surface area contributed by atoms with Gasteiger partial charge in [0.25, 0.3) is 0 Å². The van der Waals surface area contributed by atoms with Gasteiger partial charge < -0.3 is 10.2 Å². The standard InChI is InChI=1S/C20H26ClFN2O2/c1-20(2,14-5-7-15(22)8-6-14)9-19(26)24-11-16(13-3-4-13)17(12-24)23-18(25)10-21/h5-8,13,16-17H,3-4,9-12H2,1-2H3,(H,23,25)/t16-,17+/m0/s1. The van der Waals surface area contributed by atoms with Crippen molar-refractivity contribution in [3.8, 4) is 0 Å². The molecule has 2 atom stereocenters. The Hall–Kier alpha value is -1.62. The second-order valence-corrected chi connectivity index (χ2v) is 8.44. The molecule has 4 nitrogen and oxygen atoms in total. The zero-order valence-electron chi connectivity index (χ0n) is 15.3. The second-order valence-electron chi connectivity index (χ2n) is 8.18. The van der Waals surface area contributed by atoms with E-state index in [1.165, 1.54) is 25.0 Å². The van der Waals surface area contributed by atoms with Crippen LogP contribution >= 0.6 is 11.6 Å². The van der Waals surface area contributed by atoms with Crippen LogP contribution in [0.5, 0.6) is 0 Å². The van der Waals surface area contributed by atoms with Gasteiger partial charge in [0.1, 0.15) is 11.7 Å². The van der Waals surface area contributed by atoms with Crippen molar-refractivity contribution in [2.75, 3.05) is 19.0 Å². The molecule has 1 aliphatic carbocycles. The predicted octanol–water partition coefficient (Wildman–Crippen LogP) is 3.09. The zero-order chi connectivity index (χ0) is 18.9. The molecule has 0 unspecified atom stereocenters. The Balaban J connectivity index is 1.65. The minimum Gasteiger partial charge on any atom is -0.350 e. The molecule has 1 heterocycles. The van der Waals surface area contributed by atoms with Crippen molar-refractivity contribution in [1.29, 1.82) is 0 Å². The topological polar surface area (TPSA) is 49.4 Å². The van der Waals surface area contributed by atoms with Crippen molar-refractivity contribution in [3.63, 3.8) is 0 Å². The SMILES string of the molecule is CC(C)(CC(=O)N1C[C@@H](NC(=O)CCl)[C@H](C2CC2)C1)c1ccc(F)cc1. The maximum Gasteiger partial charge on any atom is 0.235 e. The van der Waals surface area contributed by atoms with Crippen LogP contribution in [0, 0.1) is 17.7 Å². The normalized spacial score (nSPS) is 23.2. The van der Waals surface area contributed by atoms with Crippen molar-refractivity contribution in [2.24, 2.45) is 11.8 Å². The fraction of sp³-hybridized carbons (Fsp3) is 0.600. The number of alkyl halides is 1. The summed E-state index contributed by atoms with van der Waals surface area (Å²) in [7, 11) is 0. The number of carbonyl (C=O) groups is 2. The first-order valence-electron chi connectivity index (χ1n) is 9.19. The van der Waals surface area contributed by atoms with E-state index in [1.54, 1.807) is 12.1 Å². The molecule has 1 saturated carbocycles. The van der Waals surface area contributed by atoms with Crippen LogP contribution in [0.2, 0.25) is 0 Å². The molecule has 1 N–H and O–H groups in total. The van der Waals surface area contributed by atoms with E-state index in [-0.39, 0.29) is 35.0 Å². The Morgan fingerprint density at radius 3 is 2.46 bits per heavy atom. The summed E-state index contributed by atoms with van der Waals surface area (Å²) in [6.45, 7) is 5.23. The van der Waals surface area contributed by atoms with Crippen molar-refractivity contribution < 1.29 is 14.0 Å². The molecule has 3 rings (SSSR count). The van der Waals surface area contributed by atoms with Crippen LogP contribution in [0.3, 0.4) is 0 Å². The molecule has 26 heavy (non-hydrogen) atoms. The Morgan fingerprint density at radius 2 is 1.88 bits per heavy atom. The highest BCUT2D eigenvalue weighted by Gasteiger charge is 2.44. The van der Waals surface area contributed by atoms with Gasteiger partial charge in [-0.1, -0.05) is 26.0 Å². The molecule has 0 aromatic heterocycles. The number of halogens is 2. The van der Waals surface area contributed by atoms with Crippen LogP contribution in [-0.4, -0.2) is 41.7 Å². The number of hydrogen-bond donors (Lipinski definition) is 1. The summed E-state index contributed by atoms with van der Waals surface area (Å²) in [4.78, 5) is 26.5. The van der Waals surface area contributed by atoms with E-state index in [9.17, 15) is 14.0 Å². The first kappa shape index (κ1) is 19.2. The molecule has 2 amide bonds. The lowest BCUT2D eigenvalue weighted by atomic mass is 9.81. The highest BCUT2D eigenvalue weighted by atomic mass is 35.5. The van der Waals surface area contributed by atoms with Crippen LogP contribution in [0.15, 0.2) is 24.3 Å². The lowest BCUT2D eigenvalue weighted by Crippen LogP contribution is -2.42. The molecule has 6 heteroatoms. The van der Waals surface area contributed by atoms with E-state index in [4.69, 9.17) is 11.6 Å². The summed E-state index contributed by atoms with van der Waals surface area (Å²) < 4.78 is 13.2. The summed E-state index contributed by atoms with van der Waals surface area (Å²) >= 11 is 5.62. The average molecular weight is 381 g/mol. The highest BCUT2D eigenvalue weighted by Crippen LogP contribution is 2.42. The van der Waals surface area contributed by atoms with E-state index >= 15 is 0 Å². The smallest absolute Gasteiger partial charge is 0.235 e. The largest absolute Gasteiger partial charge is 0.350 e. The third kappa shape index (κ3) is 4.37. The Labute approximate surface area is 159 Å². The van der Waals surface area contributed by atoms with Gasteiger partial charge in [-0.05, 0) is 41.9 Å². The number of likely N-dealkylation sites (tertiary alicyclic amines) is 1. The molecular formula is C20H26ClFN2O2. The summed E-state index contributed by atoms with van der Waals surface area (Å²) in [5, 5.41) is 2.98. The summed E-state index contributed by atoms with van der Waals surface area (Å²) in [6.07, 6.45) is 2.69. The van der Waals surface area contributed by atoms with Crippen LogP contribution in [0.1, 0.15) is 38.7 Å². The number of benzene rings is 1. The molecule has 0 bridgehead atoms. The van der Waals surface area contributed by atoms with Gasteiger partial charge in [-0.25, -0.2) is 4.39 Å². The third-order valence-electron chi connectivity index (χ3n) is 5.63. The summed E-state index contributed by atoms with van der Waals surface area (Å²) in [5.41, 5.74) is 0.564.